The van der Waals surface area contributed by atoms with Crippen LogP contribution in [0.25, 0.3) is 10.9 Å². The van der Waals surface area contributed by atoms with E-state index in [1.54, 1.807) is 0 Å². The minimum atomic E-state index is 0.443. The Morgan fingerprint density at radius 2 is 1.70 bits per heavy atom. The summed E-state index contributed by atoms with van der Waals surface area (Å²) in [7, 11) is 0. The predicted molar refractivity (Wildman–Crippen MR) is 123 cm³/mol. The lowest BCUT2D eigenvalue weighted by atomic mass is 10.1. The monoisotopic (exact) mass is 432 g/mol. The molecule has 1 aromatic heterocycles. The molecular formula is C24H18Cl2N4. The maximum absolute atomic E-state index is 8.98. The normalized spacial score (nSPS) is 11.1. The van der Waals surface area contributed by atoms with Crippen molar-refractivity contribution in [1.29, 1.82) is 5.26 Å². The molecule has 4 rings (SSSR count). The molecule has 0 unspecified atom stereocenters. The second-order valence-corrected chi connectivity index (χ2v) is 7.65. The smallest absolute Gasteiger partial charge is 0.0991 e. The van der Waals surface area contributed by atoms with Crippen LogP contribution in [-0.4, -0.2) is 10.8 Å². The van der Waals surface area contributed by atoms with Crippen LogP contribution in [0.15, 0.2) is 78.0 Å². The molecule has 0 aliphatic carbocycles. The van der Waals surface area contributed by atoms with Gasteiger partial charge in [0, 0.05) is 44.8 Å². The first-order valence-corrected chi connectivity index (χ1v) is 10.2. The van der Waals surface area contributed by atoms with Gasteiger partial charge in [0.1, 0.15) is 0 Å². The number of nitrogens with one attached hydrogen (secondary N) is 1. The molecule has 0 atom stereocenters. The van der Waals surface area contributed by atoms with Gasteiger partial charge in [-0.2, -0.15) is 10.4 Å². The minimum absolute atomic E-state index is 0.443. The van der Waals surface area contributed by atoms with Gasteiger partial charge in [0.2, 0.25) is 0 Å². The topological polar surface area (TPSA) is 53.1 Å². The van der Waals surface area contributed by atoms with Crippen molar-refractivity contribution in [2.75, 3.05) is 0 Å². The summed E-state index contributed by atoms with van der Waals surface area (Å²) in [4.78, 5) is 0. The third-order valence-electron chi connectivity index (χ3n) is 4.87. The van der Waals surface area contributed by atoms with Gasteiger partial charge in [-0.3, -0.25) is 0 Å². The van der Waals surface area contributed by atoms with E-state index in [1.165, 1.54) is 0 Å². The van der Waals surface area contributed by atoms with E-state index in [0.29, 0.717) is 28.7 Å². The summed E-state index contributed by atoms with van der Waals surface area (Å²) < 4.78 is 2.18. The molecule has 30 heavy (non-hydrogen) atoms. The average Bonchev–Trinajstić information content (AvgIpc) is 3.11. The zero-order valence-electron chi connectivity index (χ0n) is 16.0. The van der Waals surface area contributed by atoms with Crippen molar-refractivity contribution in [3.63, 3.8) is 0 Å². The van der Waals surface area contributed by atoms with Gasteiger partial charge >= 0.3 is 0 Å². The molecule has 0 fully saturated rings. The van der Waals surface area contributed by atoms with Gasteiger partial charge in [-0.1, -0.05) is 59.6 Å². The fraction of sp³-hybridized carbons (Fsp3) is 0.0833. The number of nitriles is 1. The Morgan fingerprint density at radius 3 is 2.43 bits per heavy atom. The number of aromatic nitrogens is 1. The number of hydrogen-bond donors (Lipinski definition) is 1. The standard InChI is InChI=1S/C24H18Cl2N4/c25-22-5-3-6-23(26)21(22)14-29-28-13-19-16-30(24-7-2-1-4-20(19)24)15-18-10-8-17(12-27)9-11-18/h1-11,13,16,29H,14-15H2/b28-13+. The third kappa shape index (κ3) is 4.33. The van der Waals surface area contributed by atoms with Crippen LogP contribution in [0.3, 0.4) is 0 Å². The highest BCUT2D eigenvalue weighted by molar-refractivity contribution is 6.35. The number of hydrazone groups is 1. The van der Waals surface area contributed by atoms with Crippen LogP contribution >= 0.6 is 23.2 Å². The van der Waals surface area contributed by atoms with Gasteiger partial charge in [-0.25, -0.2) is 0 Å². The minimum Gasteiger partial charge on any atom is -0.342 e. The fourth-order valence-corrected chi connectivity index (χ4v) is 3.86. The molecule has 1 N–H and O–H groups in total. The molecule has 0 bridgehead atoms. The third-order valence-corrected chi connectivity index (χ3v) is 5.58. The molecular weight excluding hydrogens is 415 g/mol. The number of benzene rings is 3. The van der Waals surface area contributed by atoms with Crippen molar-refractivity contribution in [3.8, 4) is 6.07 Å². The van der Waals surface area contributed by atoms with E-state index in [4.69, 9.17) is 28.5 Å². The molecule has 0 spiro atoms. The molecule has 4 nitrogen and oxygen atoms in total. The van der Waals surface area contributed by atoms with Gasteiger partial charge in [-0.05, 0) is 35.9 Å². The molecule has 6 heteroatoms. The highest BCUT2D eigenvalue weighted by atomic mass is 35.5. The van der Waals surface area contributed by atoms with Crippen LogP contribution in [0.2, 0.25) is 10.0 Å². The Bertz CT molecular complexity index is 1230. The number of hydrogen-bond acceptors (Lipinski definition) is 3. The van der Waals surface area contributed by atoms with E-state index in [2.05, 4.69) is 39.5 Å². The Morgan fingerprint density at radius 1 is 0.967 bits per heavy atom. The zero-order chi connectivity index (χ0) is 20.9. The summed E-state index contributed by atoms with van der Waals surface area (Å²) in [5, 5.41) is 15.7. The molecule has 0 saturated carbocycles. The summed E-state index contributed by atoms with van der Waals surface area (Å²) in [6, 6.07) is 23.4. The highest BCUT2D eigenvalue weighted by Crippen LogP contribution is 2.24. The molecule has 0 amide bonds. The molecule has 148 valence electrons. The van der Waals surface area contributed by atoms with Crippen LogP contribution in [0, 0.1) is 11.3 Å². The van der Waals surface area contributed by atoms with E-state index in [0.717, 1.165) is 27.6 Å². The van der Waals surface area contributed by atoms with Gasteiger partial charge < -0.3 is 9.99 Å². The van der Waals surface area contributed by atoms with E-state index in [-0.39, 0.29) is 0 Å². The van der Waals surface area contributed by atoms with E-state index in [9.17, 15) is 0 Å². The van der Waals surface area contributed by atoms with Crippen molar-refractivity contribution in [2.24, 2.45) is 5.10 Å². The van der Waals surface area contributed by atoms with E-state index in [1.807, 2.05) is 60.8 Å². The van der Waals surface area contributed by atoms with Crippen LogP contribution in [0.4, 0.5) is 0 Å². The number of nitrogens with zero attached hydrogens (tertiary/aromatic N) is 3. The zero-order valence-corrected chi connectivity index (χ0v) is 17.5. The second kappa shape index (κ2) is 9.04. The number of rotatable bonds is 6. The van der Waals surface area contributed by atoms with Gasteiger partial charge in [0.25, 0.3) is 0 Å². The number of fused-ring (bicyclic) bond motifs is 1. The second-order valence-electron chi connectivity index (χ2n) is 6.83. The lowest BCUT2D eigenvalue weighted by Gasteiger charge is -2.05. The maximum atomic E-state index is 8.98. The van der Waals surface area contributed by atoms with E-state index >= 15 is 0 Å². The van der Waals surface area contributed by atoms with Crippen LogP contribution < -0.4 is 5.43 Å². The molecule has 0 aliphatic rings. The highest BCUT2D eigenvalue weighted by Gasteiger charge is 2.08. The Balaban J connectivity index is 1.54. The largest absolute Gasteiger partial charge is 0.342 e. The first-order chi connectivity index (χ1) is 14.7. The number of halogens is 2. The van der Waals surface area contributed by atoms with Gasteiger partial charge in [0.15, 0.2) is 0 Å². The molecule has 0 aliphatic heterocycles. The molecule has 0 radical (unpaired) electrons. The molecule has 1 heterocycles. The van der Waals surface area contributed by atoms with Crippen LogP contribution in [-0.2, 0) is 13.1 Å². The first-order valence-electron chi connectivity index (χ1n) is 9.41. The lowest BCUT2D eigenvalue weighted by Crippen LogP contribution is -2.06. The SMILES string of the molecule is N#Cc1ccc(Cn2cc(/C=N/NCc3c(Cl)cccc3Cl)c3ccccc32)cc1. The van der Waals surface area contributed by atoms with Crippen molar-refractivity contribution >= 4 is 40.3 Å². The van der Waals surface area contributed by atoms with Crippen LogP contribution in [0.5, 0.6) is 0 Å². The lowest BCUT2D eigenvalue weighted by molar-refractivity contribution is 0.748. The Hall–Kier alpha value is -3.26. The summed E-state index contributed by atoms with van der Waals surface area (Å²) in [6.45, 7) is 1.15. The predicted octanol–water partition coefficient (Wildman–Crippen LogP) is 5.99. The van der Waals surface area contributed by atoms with Crippen molar-refractivity contribution in [2.45, 2.75) is 13.1 Å². The van der Waals surface area contributed by atoms with Crippen molar-refractivity contribution in [1.82, 2.24) is 9.99 Å². The summed E-state index contributed by atoms with van der Waals surface area (Å²) >= 11 is 12.4. The summed E-state index contributed by atoms with van der Waals surface area (Å²) in [6.07, 6.45) is 3.89. The van der Waals surface area contributed by atoms with Crippen LogP contribution in [0.1, 0.15) is 22.3 Å². The molecule has 0 saturated heterocycles. The fourth-order valence-electron chi connectivity index (χ4n) is 3.33. The van der Waals surface area contributed by atoms with E-state index < -0.39 is 0 Å². The van der Waals surface area contributed by atoms with Crippen molar-refractivity contribution in [3.05, 3.63) is 105 Å². The Kier molecular flexibility index (Phi) is 6.04. The average molecular weight is 433 g/mol. The molecule has 4 aromatic rings. The number of para-hydroxylation sites is 1. The quantitative estimate of drug-likeness (QED) is 0.300. The maximum Gasteiger partial charge on any atom is 0.0991 e. The molecule has 3 aromatic carbocycles. The Labute approximate surface area is 185 Å². The van der Waals surface area contributed by atoms with Gasteiger partial charge in [-0.15, -0.1) is 0 Å². The summed E-state index contributed by atoms with van der Waals surface area (Å²) in [5.74, 6) is 0. The first kappa shape index (κ1) is 20.0. The van der Waals surface area contributed by atoms with Crippen molar-refractivity contribution < 1.29 is 0 Å². The van der Waals surface area contributed by atoms with Gasteiger partial charge in [0.05, 0.1) is 24.4 Å². The summed E-state index contributed by atoms with van der Waals surface area (Å²) in [5.41, 5.74) is 7.77.